The van der Waals surface area contributed by atoms with Crippen LogP contribution in [0.3, 0.4) is 0 Å². The zero-order chi connectivity index (χ0) is 26.1. The van der Waals surface area contributed by atoms with E-state index in [4.69, 9.17) is 18.6 Å². The number of phenols is 2. The molecule has 0 unspecified atom stereocenters. The van der Waals surface area contributed by atoms with E-state index in [1.54, 1.807) is 0 Å². The molecule has 5 atom stereocenters. The molecule has 1 aliphatic rings. The number of fused-ring (bicyclic) bond motifs is 1. The smallest absolute Gasteiger partial charge is 0.308 e. The van der Waals surface area contributed by atoms with Crippen molar-refractivity contribution in [3.8, 4) is 34.3 Å². The SMILES string of the molecule is COC(=O)C[C@H]1O[C@@H](Oc2cc(O)c3c(=O)cc(-c4ccc(O)c(OC)c4)oc3c2)[C@H](O)[C@@H](O)[C@@H]1O. The van der Waals surface area contributed by atoms with Crippen molar-refractivity contribution in [1.82, 2.24) is 0 Å². The van der Waals surface area contributed by atoms with Crippen LogP contribution in [0.15, 0.2) is 45.6 Å². The fourth-order valence-electron chi connectivity index (χ4n) is 3.85. The topological polar surface area (TPSA) is 185 Å². The van der Waals surface area contributed by atoms with Crippen molar-refractivity contribution in [3.05, 3.63) is 46.6 Å². The van der Waals surface area contributed by atoms with E-state index in [0.29, 0.717) is 5.56 Å². The minimum Gasteiger partial charge on any atom is -0.507 e. The number of aromatic hydroxyl groups is 2. The number of carbonyl (C=O) groups is 1. The van der Waals surface area contributed by atoms with Crippen LogP contribution < -0.4 is 14.9 Å². The Morgan fingerprint density at radius 3 is 2.42 bits per heavy atom. The van der Waals surface area contributed by atoms with Gasteiger partial charge in [-0.05, 0) is 18.2 Å². The molecule has 1 fully saturated rings. The maximum Gasteiger partial charge on any atom is 0.308 e. The average molecular weight is 504 g/mol. The highest BCUT2D eigenvalue weighted by molar-refractivity contribution is 5.86. The maximum absolute atomic E-state index is 12.7. The van der Waals surface area contributed by atoms with Crippen LogP contribution in [0.1, 0.15) is 6.42 Å². The third-order valence-corrected chi connectivity index (χ3v) is 5.76. The van der Waals surface area contributed by atoms with Crippen molar-refractivity contribution >= 4 is 16.9 Å². The number of aliphatic hydroxyl groups is 3. The minimum absolute atomic E-state index is 0.0727. The lowest BCUT2D eigenvalue weighted by Gasteiger charge is -2.39. The van der Waals surface area contributed by atoms with Crippen LogP contribution in [0.25, 0.3) is 22.3 Å². The third-order valence-electron chi connectivity index (χ3n) is 5.76. The number of benzene rings is 2. The van der Waals surface area contributed by atoms with Gasteiger partial charge in [0.25, 0.3) is 0 Å². The highest BCUT2D eigenvalue weighted by Crippen LogP contribution is 2.35. The zero-order valence-electron chi connectivity index (χ0n) is 19.2. The molecule has 0 spiro atoms. The summed E-state index contributed by atoms with van der Waals surface area (Å²) >= 11 is 0. The molecule has 4 rings (SSSR count). The Kier molecular flexibility index (Phi) is 7.04. The summed E-state index contributed by atoms with van der Waals surface area (Å²) in [7, 11) is 2.51. The molecule has 5 N–H and O–H groups in total. The molecule has 36 heavy (non-hydrogen) atoms. The summed E-state index contributed by atoms with van der Waals surface area (Å²) in [4.78, 5) is 24.3. The van der Waals surface area contributed by atoms with Gasteiger partial charge in [0.15, 0.2) is 16.9 Å². The Labute approximate surface area is 203 Å². The van der Waals surface area contributed by atoms with Crippen LogP contribution in [0, 0.1) is 0 Å². The van der Waals surface area contributed by atoms with Crippen LogP contribution in [0.2, 0.25) is 0 Å². The quantitative estimate of drug-likeness (QED) is 0.295. The van der Waals surface area contributed by atoms with E-state index in [1.807, 2.05) is 0 Å². The predicted molar refractivity (Wildman–Crippen MR) is 122 cm³/mol. The molecule has 12 heteroatoms. The molecule has 0 radical (unpaired) electrons. The molecule has 12 nitrogen and oxygen atoms in total. The van der Waals surface area contributed by atoms with Crippen LogP contribution in [0.5, 0.6) is 23.0 Å². The molecule has 0 amide bonds. The van der Waals surface area contributed by atoms with Crippen molar-refractivity contribution in [3.63, 3.8) is 0 Å². The highest BCUT2D eigenvalue weighted by Gasteiger charge is 2.45. The lowest BCUT2D eigenvalue weighted by Crippen LogP contribution is -2.59. The summed E-state index contributed by atoms with van der Waals surface area (Å²) in [5.41, 5.74) is -0.229. The predicted octanol–water partition coefficient (Wildman–Crippen LogP) is 0.629. The van der Waals surface area contributed by atoms with Gasteiger partial charge in [0.2, 0.25) is 6.29 Å². The van der Waals surface area contributed by atoms with Crippen LogP contribution >= 0.6 is 0 Å². The van der Waals surface area contributed by atoms with Gasteiger partial charge in [-0.3, -0.25) is 9.59 Å². The number of rotatable bonds is 6. The Morgan fingerprint density at radius 1 is 0.972 bits per heavy atom. The second-order valence-corrected chi connectivity index (χ2v) is 8.09. The fourth-order valence-corrected chi connectivity index (χ4v) is 3.85. The van der Waals surface area contributed by atoms with Gasteiger partial charge in [0.05, 0.1) is 20.6 Å². The number of esters is 1. The van der Waals surface area contributed by atoms with Gasteiger partial charge in [-0.15, -0.1) is 0 Å². The monoisotopic (exact) mass is 504 g/mol. The van der Waals surface area contributed by atoms with Crippen LogP contribution in [-0.4, -0.2) is 76.4 Å². The van der Waals surface area contributed by atoms with Gasteiger partial charge >= 0.3 is 5.97 Å². The lowest BCUT2D eigenvalue weighted by molar-refractivity contribution is -0.273. The Balaban J connectivity index is 1.68. The fraction of sp³-hybridized carbons (Fsp3) is 0.333. The standard InChI is InChI=1S/C24H24O12/c1-32-16-5-10(3-4-12(16)25)15-8-14(27)20-13(26)6-11(7-17(20)35-15)34-24-23(31)22(30)21(29)18(36-24)9-19(28)33-2/h3-8,18,21-26,29-31H,9H2,1-2H3/t18-,21-,22+,23-,24-/m1/s1. The molecule has 192 valence electrons. The van der Waals surface area contributed by atoms with E-state index in [2.05, 4.69) is 4.74 Å². The van der Waals surface area contributed by atoms with E-state index in [-0.39, 0.29) is 34.0 Å². The molecule has 0 aliphatic carbocycles. The van der Waals surface area contributed by atoms with E-state index in [1.165, 1.54) is 31.4 Å². The number of hydrogen-bond acceptors (Lipinski definition) is 12. The number of carbonyl (C=O) groups excluding carboxylic acids is 1. The van der Waals surface area contributed by atoms with Gasteiger partial charge in [0.1, 0.15) is 52.6 Å². The van der Waals surface area contributed by atoms with Crippen molar-refractivity contribution in [2.24, 2.45) is 0 Å². The molecule has 2 heterocycles. The van der Waals surface area contributed by atoms with E-state index >= 15 is 0 Å². The van der Waals surface area contributed by atoms with Gasteiger partial charge in [0, 0.05) is 23.8 Å². The number of aliphatic hydroxyl groups excluding tert-OH is 3. The second kappa shape index (κ2) is 10.0. The number of phenolic OH excluding ortho intramolecular Hbond substituents is 2. The highest BCUT2D eigenvalue weighted by atomic mass is 16.7. The van der Waals surface area contributed by atoms with Gasteiger partial charge < -0.3 is 48.9 Å². The molecule has 0 saturated carbocycles. The van der Waals surface area contributed by atoms with Crippen molar-refractivity contribution in [2.45, 2.75) is 37.1 Å². The van der Waals surface area contributed by atoms with E-state index in [0.717, 1.165) is 19.2 Å². The average Bonchev–Trinajstić information content (AvgIpc) is 2.85. The van der Waals surface area contributed by atoms with E-state index < -0.39 is 54.3 Å². The second-order valence-electron chi connectivity index (χ2n) is 8.09. The maximum atomic E-state index is 12.7. The molecule has 2 aromatic carbocycles. The van der Waals surface area contributed by atoms with Gasteiger partial charge in [-0.2, -0.15) is 0 Å². The Hall–Kier alpha value is -3.84. The molecule has 1 aliphatic heterocycles. The number of hydrogen-bond donors (Lipinski definition) is 5. The minimum atomic E-state index is -1.71. The summed E-state index contributed by atoms with van der Waals surface area (Å²) in [5.74, 6) is -1.16. The first kappa shape index (κ1) is 25.3. The summed E-state index contributed by atoms with van der Waals surface area (Å²) in [6.45, 7) is 0. The molecule has 0 bridgehead atoms. The van der Waals surface area contributed by atoms with Gasteiger partial charge in [-0.1, -0.05) is 0 Å². The van der Waals surface area contributed by atoms with Crippen LogP contribution in [0.4, 0.5) is 0 Å². The largest absolute Gasteiger partial charge is 0.507 e. The first-order valence-corrected chi connectivity index (χ1v) is 10.7. The molecule has 1 aromatic heterocycles. The molecular weight excluding hydrogens is 480 g/mol. The number of ether oxygens (including phenoxy) is 4. The Morgan fingerprint density at radius 2 is 1.72 bits per heavy atom. The summed E-state index contributed by atoms with van der Waals surface area (Å²) in [5, 5.41) is 50.8. The third kappa shape index (κ3) is 4.79. The summed E-state index contributed by atoms with van der Waals surface area (Å²) < 4.78 is 26.5. The van der Waals surface area contributed by atoms with Crippen molar-refractivity contribution in [2.75, 3.05) is 14.2 Å². The molecule has 3 aromatic rings. The normalized spacial score (nSPS) is 23.9. The van der Waals surface area contributed by atoms with Crippen molar-refractivity contribution in [1.29, 1.82) is 0 Å². The summed E-state index contributed by atoms with van der Waals surface area (Å²) in [6.07, 6.45) is -8.23. The first-order chi connectivity index (χ1) is 17.1. The summed E-state index contributed by atoms with van der Waals surface area (Å²) in [6, 6.07) is 7.84. The van der Waals surface area contributed by atoms with E-state index in [9.17, 15) is 35.1 Å². The van der Waals surface area contributed by atoms with Crippen LogP contribution in [-0.2, 0) is 14.3 Å². The molecule has 1 saturated heterocycles. The van der Waals surface area contributed by atoms with Crippen molar-refractivity contribution < 1.29 is 53.7 Å². The van der Waals surface area contributed by atoms with Gasteiger partial charge in [-0.25, -0.2) is 0 Å². The number of methoxy groups -OCH3 is 2. The molecular formula is C24H24O12. The first-order valence-electron chi connectivity index (χ1n) is 10.7. The lowest BCUT2D eigenvalue weighted by atomic mass is 9.97. The zero-order valence-corrected chi connectivity index (χ0v) is 19.2. The Bertz CT molecular complexity index is 1330.